The third kappa shape index (κ3) is 3.99. The Bertz CT molecular complexity index is 542. The van der Waals surface area contributed by atoms with Gasteiger partial charge in [0.05, 0.1) is 12.6 Å². The predicted octanol–water partition coefficient (Wildman–Crippen LogP) is 3.81. The molecule has 2 unspecified atom stereocenters. The van der Waals surface area contributed by atoms with Crippen molar-refractivity contribution in [2.24, 2.45) is 0 Å². The van der Waals surface area contributed by atoms with Crippen LogP contribution < -0.4 is 14.8 Å². The van der Waals surface area contributed by atoms with Gasteiger partial charge in [0.25, 0.3) is 0 Å². The first-order chi connectivity index (χ1) is 10.3. The molecule has 0 fully saturated rings. The summed E-state index contributed by atoms with van der Waals surface area (Å²) in [6, 6.07) is 18.2. The lowest BCUT2D eigenvalue weighted by atomic mass is 10.0. The Labute approximate surface area is 126 Å². The van der Waals surface area contributed by atoms with E-state index in [1.165, 1.54) is 5.56 Å². The van der Waals surface area contributed by atoms with Crippen molar-refractivity contribution >= 4 is 0 Å². The summed E-state index contributed by atoms with van der Waals surface area (Å²) < 4.78 is 11.7. The third-order valence-corrected chi connectivity index (χ3v) is 3.40. The molecule has 0 radical (unpaired) electrons. The van der Waals surface area contributed by atoms with Gasteiger partial charge in [0.15, 0.2) is 11.5 Å². The highest BCUT2D eigenvalue weighted by molar-refractivity contribution is 5.39. The second-order valence-corrected chi connectivity index (χ2v) is 4.88. The molecule has 3 heteroatoms. The molecular weight excluding hydrogens is 262 g/mol. The Morgan fingerprint density at radius 1 is 0.952 bits per heavy atom. The van der Waals surface area contributed by atoms with Gasteiger partial charge in [-0.3, -0.25) is 0 Å². The molecule has 21 heavy (non-hydrogen) atoms. The van der Waals surface area contributed by atoms with E-state index in [1.807, 2.05) is 56.4 Å². The smallest absolute Gasteiger partial charge is 0.161 e. The summed E-state index contributed by atoms with van der Waals surface area (Å²) in [7, 11) is 1.95. The van der Waals surface area contributed by atoms with Crippen LogP contribution in [0.15, 0.2) is 54.6 Å². The predicted molar refractivity (Wildman–Crippen MR) is 85.9 cm³/mol. The van der Waals surface area contributed by atoms with Crippen molar-refractivity contribution in [1.82, 2.24) is 5.32 Å². The first-order valence-electron chi connectivity index (χ1n) is 7.37. The molecule has 2 aromatic carbocycles. The zero-order valence-electron chi connectivity index (χ0n) is 12.9. The average Bonchev–Trinajstić information content (AvgIpc) is 2.51. The van der Waals surface area contributed by atoms with E-state index < -0.39 is 0 Å². The molecule has 3 nitrogen and oxygen atoms in total. The molecule has 2 atom stereocenters. The van der Waals surface area contributed by atoms with Gasteiger partial charge < -0.3 is 14.8 Å². The van der Waals surface area contributed by atoms with Crippen molar-refractivity contribution in [3.05, 3.63) is 60.2 Å². The number of rotatable bonds is 7. The highest BCUT2D eigenvalue weighted by atomic mass is 16.5. The highest BCUT2D eigenvalue weighted by Crippen LogP contribution is 2.30. The molecule has 2 rings (SSSR count). The number of benzene rings is 2. The summed E-state index contributed by atoms with van der Waals surface area (Å²) in [5.41, 5.74) is 1.21. The molecular formula is C18H23NO2. The second kappa shape index (κ2) is 7.70. The van der Waals surface area contributed by atoms with Gasteiger partial charge in [0, 0.05) is 0 Å². The monoisotopic (exact) mass is 285 g/mol. The van der Waals surface area contributed by atoms with Gasteiger partial charge in [-0.2, -0.15) is 0 Å². The van der Waals surface area contributed by atoms with Crippen molar-refractivity contribution in [2.75, 3.05) is 13.7 Å². The van der Waals surface area contributed by atoms with Gasteiger partial charge in [-0.25, -0.2) is 0 Å². The molecule has 0 saturated heterocycles. The van der Waals surface area contributed by atoms with Gasteiger partial charge in [-0.15, -0.1) is 0 Å². The molecule has 0 aromatic heterocycles. The van der Waals surface area contributed by atoms with Crippen molar-refractivity contribution in [3.63, 3.8) is 0 Å². The van der Waals surface area contributed by atoms with Crippen molar-refractivity contribution in [3.8, 4) is 11.5 Å². The minimum Gasteiger partial charge on any atom is -0.490 e. The minimum atomic E-state index is -0.0148. The third-order valence-electron chi connectivity index (χ3n) is 3.40. The Balaban J connectivity index is 2.14. The molecule has 2 aromatic rings. The fraction of sp³-hybridized carbons (Fsp3) is 0.333. The van der Waals surface area contributed by atoms with Crippen molar-refractivity contribution in [1.29, 1.82) is 0 Å². The summed E-state index contributed by atoms with van der Waals surface area (Å²) in [6.45, 7) is 4.67. The minimum absolute atomic E-state index is 0.0148. The van der Waals surface area contributed by atoms with Gasteiger partial charge in [0.1, 0.15) is 6.10 Å². The summed E-state index contributed by atoms with van der Waals surface area (Å²) in [4.78, 5) is 0. The molecule has 0 saturated carbocycles. The molecule has 0 aliphatic carbocycles. The SMILES string of the molecule is CCOc1ccccc1OC(C)C(NC)c1ccccc1. The van der Waals surface area contributed by atoms with Crippen molar-refractivity contribution < 1.29 is 9.47 Å². The van der Waals surface area contributed by atoms with Crippen LogP contribution in [0, 0.1) is 0 Å². The maximum atomic E-state index is 6.12. The number of hydrogen-bond donors (Lipinski definition) is 1. The molecule has 1 N–H and O–H groups in total. The zero-order valence-corrected chi connectivity index (χ0v) is 12.9. The number of ether oxygens (including phenoxy) is 2. The summed E-state index contributed by atoms with van der Waals surface area (Å²) >= 11 is 0. The Kier molecular flexibility index (Phi) is 5.64. The van der Waals surface area contributed by atoms with E-state index in [0.29, 0.717) is 6.61 Å². The van der Waals surface area contributed by atoms with E-state index in [0.717, 1.165) is 11.5 Å². The van der Waals surface area contributed by atoms with Crippen molar-refractivity contribution in [2.45, 2.75) is 26.0 Å². The normalized spacial score (nSPS) is 13.5. The van der Waals surface area contributed by atoms with E-state index >= 15 is 0 Å². The van der Waals surface area contributed by atoms with Crippen LogP contribution in [0.5, 0.6) is 11.5 Å². The summed E-state index contributed by atoms with van der Waals surface area (Å²) in [6.07, 6.45) is -0.0148. The summed E-state index contributed by atoms with van der Waals surface area (Å²) in [5.74, 6) is 1.57. The molecule has 0 heterocycles. The quantitative estimate of drug-likeness (QED) is 0.839. The van der Waals surface area contributed by atoms with Crippen LogP contribution in [-0.4, -0.2) is 19.8 Å². The van der Waals surface area contributed by atoms with Crippen LogP contribution in [0.4, 0.5) is 0 Å². The topological polar surface area (TPSA) is 30.5 Å². The first-order valence-corrected chi connectivity index (χ1v) is 7.37. The van der Waals surface area contributed by atoms with Crippen LogP contribution >= 0.6 is 0 Å². The van der Waals surface area contributed by atoms with Gasteiger partial charge in [-0.1, -0.05) is 42.5 Å². The van der Waals surface area contributed by atoms with E-state index in [9.17, 15) is 0 Å². The first kappa shape index (κ1) is 15.4. The molecule has 0 aliphatic heterocycles. The molecule has 112 valence electrons. The number of hydrogen-bond acceptors (Lipinski definition) is 3. The maximum absolute atomic E-state index is 6.12. The van der Waals surface area contributed by atoms with E-state index in [2.05, 4.69) is 24.4 Å². The van der Waals surface area contributed by atoms with Crippen LogP contribution in [0.1, 0.15) is 25.5 Å². The van der Waals surface area contributed by atoms with Crippen LogP contribution in [0.2, 0.25) is 0 Å². The van der Waals surface area contributed by atoms with E-state index in [4.69, 9.17) is 9.47 Å². The lowest BCUT2D eigenvalue weighted by Gasteiger charge is -2.25. The fourth-order valence-electron chi connectivity index (χ4n) is 2.42. The lowest BCUT2D eigenvalue weighted by Crippen LogP contribution is -2.31. The second-order valence-electron chi connectivity index (χ2n) is 4.88. The van der Waals surface area contributed by atoms with E-state index in [1.54, 1.807) is 0 Å². The van der Waals surface area contributed by atoms with Crippen LogP contribution in [-0.2, 0) is 0 Å². The number of nitrogens with one attached hydrogen (secondary N) is 1. The summed E-state index contributed by atoms with van der Waals surface area (Å²) in [5, 5.41) is 3.32. The Morgan fingerprint density at radius 2 is 1.57 bits per heavy atom. The lowest BCUT2D eigenvalue weighted by molar-refractivity contribution is 0.166. The Hall–Kier alpha value is -2.00. The molecule has 0 amide bonds. The molecule has 0 aliphatic rings. The van der Waals surface area contributed by atoms with E-state index in [-0.39, 0.29) is 12.1 Å². The average molecular weight is 285 g/mol. The number of para-hydroxylation sites is 2. The molecule has 0 spiro atoms. The van der Waals surface area contributed by atoms with Gasteiger partial charge in [-0.05, 0) is 38.6 Å². The largest absolute Gasteiger partial charge is 0.490 e. The van der Waals surface area contributed by atoms with Crippen LogP contribution in [0.3, 0.4) is 0 Å². The Morgan fingerprint density at radius 3 is 2.19 bits per heavy atom. The standard InChI is InChI=1S/C18H23NO2/c1-4-20-16-12-8-9-13-17(16)21-14(2)18(19-3)15-10-6-5-7-11-15/h5-14,18-19H,4H2,1-3H3. The number of likely N-dealkylation sites (N-methyl/N-ethyl adjacent to an activating group) is 1. The highest BCUT2D eigenvalue weighted by Gasteiger charge is 2.20. The maximum Gasteiger partial charge on any atom is 0.161 e. The van der Waals surface area contributed by atoms with Crippen LogP contribution in [0.25, 0.3) is 0 Å². The van der Waals surface area contributed by atoms with Gasteiger partial charge in [0.2, 0.25) is 0 Å². The fourth-order valence-corrected chi connectivity index (χ4v) is 2.42. The zero-order chi connectivity index (χ0) is 15.1. The molecule has 0 bridgehead atoms. The van der Waals surface area contributed by atoms with Gasteiger partial charge >= 0.3 is 0 Å².